The van der Waals surface area contributed by atoms with E-state index in [1.807, 2.05) is 0 Å². The van der Waals surface area contributed by atoms with Gasteiger partial charge in [0.1, 0.15) is 0 Å². The van der Waals surface area contributed by atoms with Gasteiger partial charge in [0.05, 0.1) is 12.7 Å². The molecule has 2 aromatic rings. The zero-order valence-corrected chi connectivity index (χ0v) is 9.31. The van der Waals surface area contributed by atoms with Crippen LogP contribution in [0, 0.1) is 5.82 Å². The van der Waals surface area contributed by atoms with E-state index in [-0.39, 0.29) is 28.5 Å². The van der Waals surface area contributed by atoms with E-state index in [4.69, 9.17) is 15.6 Å². The molecule has 94 valence electrons. The fourth-order valence-corrected chi connectivity index (χ4v) is 1.55. The summed E-state index contributed by atoms with van der Waals surface area (Å²) in [5, 5.41) is 12.2. The van der Waals surface area contributed by atoms with Gasteiger partial charge in [-0.05, 0) is 17.7 Å². The first-order valence-electron chi connectivity index (χ1n) is 4.87. The summed E-state index contributed by atoms with van der Waals surface area (Å²) >= 11 is 0. The molecule has 0 saturated carbocycles. The second kappa shape index (κ2) is 4.36. The topological polar surface area (TPSA) is 98.6 Å². The first-order valence-corrected chi connectivity index (χ1v) is 4.87. The van der Waals surface area contributed by atoms with Gasteiger partial charge < -0.3 is 20.1 Å². The maximum absolute atomic E-state index is 13.5. The molecule has 18 heavy (non-hydrogen) atoms. The molecule has 0 aliphatic heterocycles. The number of benzene rings is 1. The number of ether oxygens (including phenoxy) is 1. The minimum absolute atomic E-state index is 0.0454. The molecular formula is C11H9FN2O4. The number of nitrogens with zero attached hydrogens (tertiary/aromatic N) is 1. The van der Waals surface area contributed by atoms with Crippen molar-refractivity contribution in [1.82, 2.24) is 5.16 Å². The zero-order valence-electron chi connectivity index (χ0n) is 9.31. The first kappa shape index (κ1) is 11.9. The highest BCUT2D eigenvalue weighted by Gasteiger charge is 2.22. The monoisotopic (exact) mass is 252 g/mol. The molecule has 0 amide bonds. The number of hydrogen-bond acceptors (Lipinski definition) is 5. The molecule has 0 aliphatic carbocycles. The van der Waals surface area contributed by atoms with Gasteiger partial charge in [-0.1, -0.05) is 11.2 Å². The highest BCUT2D eigenvalue weighted by Crippen LogP contribution is 2.32. The van der Waals surface area contributed by atoms with Crippen LogP contribution in [-0.2, 0) is 0 Å². The standard InChI is InChI=1S/C11H9FN2O4/c1-17-7-3-2-5(4-6(7)12)8-9(11(15)16)14-18-10(8)13/h2-4H,13H2,1H3,(H,15,16). The molecule has 0 fully saturated rings. The Morgan fingerprint density at radius 3 is 2.83 bits per heavy atom. The molecule has 1 heterocycles. The lowest BCUT2D eigenvalue weighted by molar-refractivity contribution is 0.0686. The summed E-state index contributed by atoms with van der Waals surface area (Å²) in [7, 11) is 1.33. The van der Waals surface area contributed by atoms with Gasteiger partial charge in [-0.3, -0.25) is 0 Å². The molecule has 0 bridgehead atoms. The Balaban J connectivity index is 2.58. The van der Waals surface area contributed by atoms with Gasteiger partial charge in [0.2, 0.25) is 11.6 Å². The van der Waals surface area contributed by atoms with Crippen LogP contribution in [0.2, 0.25) is 0 Å². The van der Waals surface area contributed by atoms with Gasteiger partial charge in [-0.15, -0.1) is 0 Å². The average Bonchev–Trinajstić information content (AvgIpc) is 2.71. The number of hydrogen-bond donors (Lipinski definition) is 2. The van der Waals surface area contributed by atoms with Crippen LogP contribution >= 0.6 is 0 Å². The number of anilines is 1. The Morgan fingerprint density at radius 1 is 1.56 bits per heavy atom. The van der Waals surface area contributed by atoms with Crippen LogP contribution in [0.5, 0.6) is 5.75 Å². The highest BCUT2D eigenvalue weighted by atomic mass is 19.1. The largest absolute Gasteiger partial charge is 0.494 e. The van der Waals surface area contributed by atoms with Crippen LogP contribution in [0.4, 0.5) is 10.3 Å². The Labute approximate surface area is 101 Å². The Morgan fingerprint density at radius 2 is 2.28 bits per heavy atom. The smallest absolute Gasteiger partial charge is 0.358 e. The van der Waals surface area contributed by atoms with Crippen molar-refractivity contribution >= 4 is 11.9 Å². The molecule has 1 aromatic carbocycles. The van der Waals surface area contributed by atoms with Gasteiger partial charge in [0.15, 0.2) is 11.6 Å². The van der Waals surface area contributed by atoms with Gasteiger partial charge in [-0.2, -0.15) is 0 Å². The molecule has 7 heteroatoms. The van der Waals surface area contributed by atoms with E-state index in [0.29, 0.717) is 0 Å². The lowest BCUT2D eigenvalue weighted by Crippen LogP contribution is -2.00. The van der Waals surface area contributed by atoms with Crippen molar-refractivity contribution in [3.63, 3.8) is 0 Å². The van der Waals surface area contributed by atoms with Gasteiger partial charge >= 0.3 is 5.97 Å². The molecule has 0 unspecified atom stereocenters. The molecule has 0 atom stereocenters. The third-order valence-corrected chi connectivity index (χ3v) is 2.36. The number of methoxy groups -OCH3 is 1. The predicted molar refractivity (Wildman–Crippen MR) is 59.8 cm³/mol. The number of rotatable bonds is 3. The van der Waals surface area contributed by atoms with Crippen LogP contribution in [0.3, 0.4) is 0 Å². The van der Waals surface area contributed by atoms with Crippen molar-refractivity contribution in [3.8, 4) is 16.9 Å². The fourth-order valence-electron chi connectivity index (χ4n) is 1.55. The Bertz CT molecular complexity index is 609. The van der Waals surface area contributed by atoms with E-state index >= 15 is 0 Å². The van der Waals surface area contributed by atoms with E-state index < -0.39 is 11.8 Å². The number of nitrogen functional groups attached to an aromatic ring is 1. The lowest BCUT2D eigenvalue weighted by Gasteiger charge is -2.04. The number of carbonyl (C=O) groups is 1. The van der Waals surface area contributed by atoms with Crippen LogP contribution < -0.4 is 10.5 Å². The van der Waals surface area contributed by atoms with Gasteiger partial charge in [-0.25, -0.2) is 9.18 Å². The molecule has 2 rings (SSSR count). The van der Waals surface area contributed by atoms with Crippen molar-refractivity contribution in [2.24, 2.45) is 0 Å². The van der Waals surface area contributed by atoms with Crippen LogP contribution in [-0.4, -0.2) is 23.3 Å². The van der Waals surface area contributed by atoms with E-state index in [9.17, 15) is 9.18 Å². The summed E-state index contributed by atoms with van der Waals surface area (Å²) < 4.78 is 22.9. The molecule has 3 N–H and O–H groups in total. The molecular weight excluding hydrogens is 243 g/mol. The number of nitrogens with two attached hydrogens (primary N) is 1. The minimum atomic E-state index is -1.30. The van der Waals surface area contributed by atoms with E-state index in [0.717, 1.165) is 6.07 Å². The molecule has 0 spiro atoms. The van der Waals surface area contributed by atoms with Crippen LogP contribution in [0.1, 0.15) is 10.5 Å². The van der Waals surface area contributed by atoms with E-state index in [2.05, 4.69) is 9.68 Å². The summed E-state index contributed by atoms with van der Waals surface area (Å²) in [5.74, 6) is -2.07. The summed E-state index contributed by atoms with van der Waals surface area (Å²) in [5.41, 5.74) is 5.42. The average molecular weight is 252 g/mol. The summed E-state index contributed by atoms with van der Waals surface area (Å²) in [6.45, 7) is 0. The number of carboxylic acid groups (broad SMARTS) is 1. The number of halogens is 1. The van der Waals surface area contributed by atoms with Crippen molar-refractivity contribution < 1.29 is 23.6 Å². The maximum atomic E-state index is 13.5. The predicted octanol–water partition coefficient (Wildman–Crippen LogP) is 1.77. The third-order valence-electron chi connectivity index (χ3n) is 2.36. The number of carboxylic acids is 1. The summed E-state index contributed by atoms with van der Waals surface area (Å²) in [4.78, 5) is 10.9. The Kier molecular flexibility index (Phi) is 2.88. The van der Waals surface area contributed by atoms with E-state index in [1.165, 1.54) is 19.2 Å². The number of aromatic nitrogens is 1. The molecule has 1 aromatic heterocycles. The summed E-state index contributed by atoms with van der Waals surface area (Å²) in [6, 6.07) is 3.94. The molecule has 6 nitrogen and oxygen atoms in total. The highest BCUT2D eigenvalue weighted by molar-refractivity contribution is 5.96. The second-order valence-electron chi connectivity index (χ2n) is 3.42. The second-order valence-corrected chi connectivity index (χ2v) is 3.42. The molecule has 0 radical (unpaired) electrons. The summed E-state index contributed by atoms with van der Waals surface area (Å²) in [6.07, 6.45) is 0. The van der Waals surface area contributed by atoms with Crippen LogP contribution in [0.25, 0.3) is 11.1 Å². The fraction of sp³-hybridized carbons (Fsp3) is 0.0909. The zero-order chi connectivity index (χ0) is 13.3. The van der Waals surface area contributed by atoms with E-state index in [1.54, 1.807) is 0 Å². The first-order chi connectivity index (χ1) is 8.54. The maximum Gasteiger partial charge on any atom is 0.358 e. The van der Waals surface area contributed by atoms with Gasteiger partial charge in [0.25, 0.3) is 0 Å². The molecule has 0 aliphatic rings. The normalized spacial score (nSPS) is 10.3. The van der Waals surface area contributed by atoms with Crippen molar-refractivity contribution in [1.29, 1.82) is 0 Å². The van der Waals surface area contributed by atoms with Crippen molar-refractivity contribution in [3.05, 3.63) is 29.7 Å². The minimum Gasteiger partial charge on any atom is -0.494 e. The third kappa shape index (κ3) is 1.86. The Hall–Kier alpha value is -2.57. The quantitative estimate of drug-likeness (QED) is 0.863. The number of aromatic carboxylic acids is 1. The SMILES string of the molecule is COc1ccc(-c2c(C(=O)O)noc2N)cc1F. The molecule has 0 saturated heterocycles. The van der Waals surface area contributed by atoms with Crippen molar-refractivity contribution in [2.45, 2.75) is 0 Å². The van der Waals surface area contributed by atoms with Crippen molar-refractivity contribution in [2.75, 3.05) is 12.8 Å². The van der Waals surface area contributed by atoms with Crippen LogP contribution in [0.15, 0.2) is 22.7 Å². The van der Waals surface area contributed by atoms with Gasteiger partial charge in [0, 0.05) is 0 Å². The lowest BCUT2D eigenvalue weighted by atomic mass is 10.1.